The van der Waals surface area contributed by atoms with Crippen molar-refractivity contribution in [3.05, 3.63) is 51.0 Å². The van der Waals surface area contributed by atoms with Crippen LogP contribution in [0.1, 0.15) is 44.3 Å². The van der Waals surface area contributed by atoms with E-state index in [9.17, 15) is 18.0 Å². The van der Waals surface area contributed by atoms with E-state index in [2.05, 4.69) is 4.98 Å². The summed E-state index contributed by atoms with van der Waals surface area (Å²) in [7, 11) is 0. The zero-order valence-corrected chi connectivity index (χ0v) is 11.9. The minimum Gasteiger partial charge on any atom is -0.293 e. The first-order valence-corrected chi connectivity index (χ1v) is 7.43. The number of carbonyl (C=O) groups is 1. The standard InChI is InChI=1S/C15H12F3NOS/c16-15(17,18)10-4-1-3-9(7-10)8-13-19-11-5-2-6-12(20)14(11)21-13/h1,3-4,7H,2,5-6,8H2. The molecule has 0 unspecified atom stereocenters. The Labute approximate surface area is 123 Å². The van der Waals surface area contributed by atoms with Crippen LogP contribution in [-0.4, -0.2) is 10.8 Å². The summed E-state index contributed by atoms with van der Waals surface area (Å²) in [6.45, 7) is 0. The zero-order valence-electron chi connectivity index (χ0n) is 11.0. The van der Waals surface area contributed by atoms with Gasteiger partial charge in [-0.2, -0.15) is 13.2 Å². The first-order valence-electron chi connectivity index (χ1n) is 6.61. The van der Waals surface area contributed by atoms with Gasteiger partial charge in [0.2, 0.25) is 0 Å². The highest BCUT2D eigenvalue weighted by Crippen LogP contribution is 2.31. The van der Waals surface area contributed by atoms with E-state index < -0.39 is 11.7 Å². The molecule has 2 nitrogen and oxygen atoms in total. The molecule has 0 amide bonds. The number of hydrogen-bond acceptors (Lipinski definition) is 3. The molecular weight excluding hydrogens is 299 g/mol. The van der Waals surface area contributed by atoms with Gasteiger partial charge in [-0.25, -0.2) is 4.98 Å². The number of carbonyl (C=O) groups excluding carboxylic acids is 1. The molecule has 21 heavy (non-hydrogen) atoms. The van der Waals surface area contributed by atoms with Crippen LogP contribution >= 0.6 is 11.3 Å². The number of nitrogens with zero attached hydrogens (tertiary/aromatic N) is 1. The Kier molecular flexibility index (Phi) is 3.57. The minimum absolute atomic E-state index is 0.101. The molecule has 1 aliphatic carbocycles. The van der Waals surface area contributed by atoms with Crippen molar-refractivity contribution in [1.29, 1.82) is 0 Å². The van der Waals surface area contributed by atoms with E-state index in [0.717, 1.165) is 30.7 Å². The average Bonchev–Trinajstić information content (AvgIpc) is 2.82. The summed E-state index contributed by atoms with van der Waals surface area (Å²) >= 11 is 1.31. The fourth-order valence-corrected chi connectivity index (χ4v) is 3.54. The number of rotatable bonds is 2. The summed E-state index contributed by atoms with van der Waals surface area (Å²) in [5.74, 6) is 0.101. The van der Waals surface area contributed by atoms with Crippen LogP contribution in [0.25, 0.3) is 0 Å². The van der Waals surface area contributed by atoms with Crippen molar-refractivity contribution in [3.8, 4) is 0 Å². The summed E-state index contributed by atoms with van der Waals surface area (Å²) in [4.78, 5) is 16.8. The maximum absolute atomic E-state index is 12.7. The van der Waals surface area contributed by atoms with Gasteiger partial charge in [-0.3, -0.25) is 4.79 Å². The van der Waals surface area contributed by atoms with Crippen LogP contribution in [0.3, 0.4) is 0 Å². The summed E-state index contributed by atoms with van der Waals surface area (Å²) in [6.07, 6.45) is -1.89. The van der Waals surface area contributed by atoms with Gasteiger partial charge in [0.05, 0.1) is 21.1 Å². The smallest absolute Gasteiger partial charge is 0.293 e. The highest BCUT2D eigenvalue weighted by molar-refractivity contribution is 7.13. The topological polar surface area (TPSA) is 30.0 Å². The normalized spacial score (nSPS) is 15.1. The van der Waals surface area contributed by atoms with Crippen molar-refractivity contribution in [2.45, 2.75) is 31.9 Å². The lowest BCUT2D eigenvalue weighted by Gasteiger charge is -2.07. The van der Waals surface area contributed by atoms with Crippen LogP contribution in [0.15, 0.2) is 24.3 Å². The molecule has 0 atom stereocenters. The molecule has 3 rings (SSSR count). The van der Waals surface area contributed by atoms with Crippen molar-refractivity contribution in [2.75, 3.05) is 0 Å². The lowest BCUT2D eigenvalue weighted by Crippen LogP contribution is -2.07. The van der Waals surface area contributed by atoms with E-state index in [1.807, 2.05) is 0 Å². The number of aromatic nitrogens is 1. The van der Waals surface area contributed by atoms with Crippen LogP contribution in [-0.2, 0) is 19.0 Å². The fraction of sp³-hybridized carbons (Fsp3) is 0.333. The molecule has 0 saturated carbocycles. The first-order chi connectivity index (χ1) is 9.93. The fourth-order valence-electron chi connectivity index (χ4n) is 2.43. The Bertz CT molecular complexity index is 690. The molecule has 1 heterocycles. The summed E-state index contributed by atoms with van der Waals surface area (Å²) in [5.41, 5.74) is 0.707. The molecule has 0 N–H and O–H groups in total. The van der Waals surface area contributed by atoms with Gasteiger partial charge in [0.25, 0.3) is 0 Å². The number of alkyl halides is 3. The average molecular weight is 311 g/mol. The Morgan fingerprint density at radius 1 is 1.24 bits per heavy atom. The van der Waals surface area contributed by atoms with E-state index in [4.69, 9.17) is 0 Å². The number of ketones is 1. The Morgan fingerprint density at radius 3 is 2.76 bits per heavy atom. The van der Waals surface area contributed by atoms with Crippen LogP contribution in [0, 0.1) is 0 Å². The molecule has 0 saturated heterocycles. The quantitative estimate of drug-likeness (QED) is 0.829. The van der Waals surface area contributed by atoms with Crippen LogP contribution < -0.4 is 0 Å². The molecule has 0 radical (unpaired) electrons. The van der Waals surface area contributed by atoms with Gasteiger partial charge in [-0.05, 0) is 24.5 Å². The summed E-state index contributed by atoms with van der Waals surface area (Å²) in [6, 6.07) is 5.25. The lowest BCUT2D eigenvalue weighted by molar-refractivity contribution is -0.137. The zero-order chi connectivity index (χ0) is 15.0. The van der Waals surface area contributed by atoms with Crippen molar-refractivity contribution in [3.63, 3.8) is 0 Å². The maximum Gasteiger partial charge on any atom is 0.416 e. The molecule has 1 aromatic heterocycles. The van der Waals surface area contributed by atoms with Gasteiger partial charge in [0.1, 0.15) is 0 Å². The number of thiazole rings is 1. The molecule has 6 heteroatoms. The third-order valence-corrected chi connectivity index (χ3v) is 4.56. The number of hydrogen-bond donors (Lipinski definition) is 0. The molecule has 1 aliphatic rings. The van der Waals surface area contributed by atoms with Crippen molar-refractivity contribution < 1.29 is 18.0 Å². The van der Waals surface area contributed by atoms with Gasteiger partial charge in [0.15, 0.2) is 5.78 Å². The van der Waals surface area contributed by atoms with E-state index >= 15 is 0 Å². The Balaban J connectivity index is 1.86. The second kappa shape index (κ2) is 5.26. The van der Waals surface area contributed by atoms with Crippen LogP contribution in [0.2, 0.25) is 0 Å². The van der Waals surface area contributed by atoms with Crippen molar-refractivity contribution >= 4 is 17.1 Å². The second-order valence-electron chi connectivity index (χ2n) is 5.04. The van der Waals surface area contributed by atoms with Crippen LogP contribution in [0.5, 0.6) is 0 Å². The second-order valence-corrected chi connectivity index (χ2v) is 6.12. The molecule has 2 aromatic rings. The van der Waals surface area contributed by atoms with E-state index in [1.54, 1.807) is 6.07 Å². The van der Waals surface area contributed by atoms with E-state index in [-0.39, 0.29) is 5.78 Å². The Morgan fingerprint density at radius 2 is 2.05 bits per heavy atom. The highest BCUT2D eigenvalue weighted by Gasteiger charge is 2.30. The predicted molar refractivity (Wildman–Crippen MR) is 73.6 cm³/mol. The SMILES string of the molecule is O=C1CCCc2nc(Cc3cccc(C(F)(F)F)c3)sc21. The third-order valence-electron chi connectivity index (χ3n) is 3.42. The highest BCUT2D eigenvalue weighted by atomic mass is 32.1. The third kappa shape index (κ3) is 3.00. The lowest BCUT2D eigenvalue weighted by atomic mass is 10.0. The van der Waals surface area contributed by atoms with Gasteiger partial charge in [0, 0.05) is 12.8 Å². The Hall–Kier alpha value is -1.69. The van der Waals surface area contributed by atoms with Crippen molar-refractivity contribution in [1.82, 2.24) is 4.98 Å². The maximum atomic E-state index is 12.7. The first kappa shape index (κ1) is 14.3. The number of benzene rings is 1. The molecule has 0 aliphatic heterocycles. The largest absolute Gasteiger partial charge is 0.416 e. The predicted octanol–water partition coefficient (Wildman–Crippen LogP) is 4.27. The van der Waals surface area contributed by atoms with Gasteiger partial charge < -0.3 is 0 Å². The molecule has 110 valence electrons. The van der Waals surface area contributed by atoms with Crippen LogP contribution in [0.4, 0.5) is 13.2 Å². The van der Waals surface area contributed by atoms with Gasteiger partial charge in [-0.15, -0.1) is 11.3 Å². The monoisotopic (exact) mass is 311 g/mol. The van der Waals surface area contributed by atoms with Crippen molar-refractivity contribution in [2.24, 2.45) is 0 Å². The number of fused-ring (bicyclic) bond motifs is 1. The van der Waals surface area contributed by atoms with Gasteiger partial charge >= 0.3 is 6.18 Å². The number of Topliss-reactive ketones (excluding diaryl/α,β-unsaturated/α-hetero) is 1. The number of aryl methyl sites for hydroxylation is 1. The summed E-state index contributed by atoms with van der Waals surface area (Å²) < 4.78 is 38.1. The molecule has 1 aromatic carbocycles. The molecule has 0 fully saturated rings. The molecular formula is C15H12F3NOS. The van der Waals surface area contributed by atoms with Gasteiger partial charge in [-0.1, -0.05) is 18.2 Å². The van der Waals surface area contributed by atoms with E-state index in [1.165, 1.54) is 17.4 Å². The molecule has 0 spiro atoms. The summed E-state index contributed by atoms with van der Waals surface area (Å²) in [5, 5.41) is 0.703. The minimum atomic E-state index is -4.34. The molecule has 0 bridgehead atoms. The van der Waals surface area contributed by atoms with E-state index in [0.29, 0.717) is 28.3 Å². The number of halogens is 3.